The lowest BCUT2D eigenvalue weighted by Gasteiger charge is -2.26. The number of hydrogen-bond donors (Lipinski definition) is 2. The number of nitrogens with zero attached hydrogens (tertiary/aromatic N) is 2. The number of piperidine rings is 1. The number of anilines is 1. The number of benzene rings is 2. The number of hydrogen-bond acceptors (Lipinski definition) is 5. The van der Waals surface area contributed by atoms with E-state index in [9.17, 15) is 14.4 Å². The predicted molar refractivity (Wildman–Crippen MR) is 111 cm³/mol. The van der Waals surface area contributed by atoms with Gasteiger partial charge in [-0.2, -0.15) is 0 Å². The second-order valence-electron chi connectivity index (χ2n) is 7.39. The number of amides is 2. The Hall–Kier alpha value is -3.39. The summed E-state index contributed by atoms with van der Waals surface area (Å²) in [7, 11) is 0. The SMILES string of the molecule is O=C(Nc1ccc2oc(=O)n(CC(=O)N3CCCCC3)c2c1)c1ccc(CO)cc1. The fourth-order valence-corrected chi connectivity index (χ4v) is 3.63. The second-order valence-corrected chi connectivity index (χ2v) is 7.39. The van der Waals surface area contributed by atoms with Gasteiger partial charge < -0.3 is 19.7 Å². The van der Waals surface area contributed by atoms with Crippen molar-refractivity contribution in [1.82, 2.24) is 9.47 Å². The molecule has 0 bridgehead atoms. The fourth-order valence-electron chi connectivity index (χ4n) is 3.63. The van der Waals surface area contributed by atoms with Gasteiger partial charge in [0.15, 0.2) is 5.58 Å². The monoisotopic (exact) mass is 409 g/mol. The minimum absolute atomic E-state index is 0.0905. The molecule has 1 aliphatic rings. The van der Waals surface area contributed by atoms with Gasteiger partial charge in [-0.05, 0) is 55.2 Å². The van der Waals surface area contributed by atoms with Gasteiger partial charge in [0.25, 0.3) is 5.91 Å². The van der Waals surface area contributed by atoms with Crippen LogP contribution in [0.3, 0.4) is 0 Å². The Bertz CT molecular complexity index is 1120. The van der Waals surface area contributed by atoms with Gasteiger partial charge in [0, 0.05) is 24.3 Å². The average molecular weight is 409 g/mol. The van der Waals surface area contributed by atoms with Crippen molar-refractivity contribution in [2.45, 2.75) is 32.4 Å². The molecule has 4 rings (SSSR count). The number of nitrogens with one attached hydrogen (secondary N) is 1. The van der Waals surface area contributed by atoms with Crippen molar-refractivity contribution < 1.29 is 19.1 Å². The maximum Gasteiger partial charge on any atom is 0.420 e. The lowest BCUT2D eigenvalue weighted by atomic mass is 10.1. The van der Waals surface area contributed by atoms with E-state index in [0.29, 0.717) is 41.0 Å². The summed E-state index contributed by atoms with van der Waals surface area (Å²) in [5.74, 6) is -1.03. The zero-order valence-corrected chi connectivity index (χ0v) is 16.5. The van der Waals surface area contributed by atoms with E-state index in [4.69, 9.17) is 9.52 Å². The summed E-state index contributed by atoms with van der Waals surface area (Å²) in [5, 5.41) is 11.9. The molecule has 156 valence electrons. The zero-order valence-electron chi connectivity index (χ0n) is 16.5. The van der Waals surface area contributed by atoms with Crippen LogP contribution in [-0.2, 0) is 17.9 Å². The van der Waals surface area contributed by atoms with Crippen molar-refractivity contribution in [3.63, 3.8) is 0 Å². The summed E-state index contributed by atoms with van der Waals surface area (Å²) in [4.78, 5) is 39.2. The molecule has 8 nitrogen and oxygen atoms in total. The summed E-state index contributed by atoms with van der Waals surface area (Å²) in [6.45, 7) is 1.23. The highest BCUT2D eigenvalue weighted by atomic mass is 16.4. The van der Waals surface area contributed by atoms with Crippen LogP contribution < -0.4 is 11.1 Å². The average Bonchev–Trinajstić information content (AvgIpc) is 3.09. The van der Waals surface area contributed by atoms with Crippen LogP contribution in [-0.4, -0.2) is 39.5 Å². The maximum atomic E-state index is 12.6. The number of oxazole rings is 1. The first kappa shape index (κ1) is 19.9. The van der Waals surface area contributed by atoms with Gasteiger partial charge in [-0.1, -0.05) is 12.1 Å². The fraction of sp³-hybridized carbons (Fsp3) is 0.318. The quantitative estimate of drug-likeness (QED) is 0.673. The van der Waals surface area contributed by atoms with E-state index in [2.05, 4.69) is 5.32 Å². The molecule has 1 fully saturated rings. The molecule has 0 radical (unpaired) electrons. The molecule has 1 aromatic heterocycles. The van der Waals surface area contributed by atoms with Crippen LogP contribution >= 0.6 is 0 Å². The van der Waals surface area contributed by atoms with Gasteiger partial charge in [-0.25, -0.2) is 4.79 Å². The zero-order chi connectivity index (χ0) is 21.1. The molecule has 0 aliphatic carbocycles. The largest absolute Gasteiger partial charge is 0.420 e. The Morgan fingerprint density at radius 1 is 1.03 bits per heavy atom. The summed E-state index contributed by atoms with van der Waals surface area (Å²) >= 11 is 0. The van der Waals surface area contributed by atoms with Crippen molar-refractivity contribution in [2.24, 2.45) is 0 Å². The third kappa shape index (κ3) is 4.13. The van der Waals surface area contributed by atoms with Crippen LogP contribution in [0.4, 0.5) is 5.69 Å². The van der Waals surface area contributed by atoms with Gasteiger partial charge in [0.05, 0.1) is 12.1 Å². The molecule has 30 heavy (non-hydrogen) atoms. The topological polar surface area (TPSA) is 105 Å². The van der Waals surface area contributed by atoms with E-state index >= 15 is 0 Å². The van der Waals surface area contributed by atoms with E-state index < -0.39 is 5.76 Å². The number of aliphatic hydroxyl groups excluding tert-OH is 1. The molecular weight excluding hydrogens is 386 g/mol. The molecule has 0 unspecified atom stereocenters. The Kier molecular flexibility index (Phi) is 5.67. The van der Waals surface area contributed by atoms with Crippen LogP contribution in [0.5, 0.6) is 0 Å². The molecule has 1 saturated heterocycles. The normalized spacial score (nSPS) is 14.1. The summed E-state index contributed by atoms with van der Waals surface area (Å²) in [6.07, 6.45) is 3.06. The van der Waals surface area contributed by atoms with Crippen LogP contribution in [0.2, 0.25) is 0 Å². The second kappa shape index (κ2) is 8.54. The summed E-state index contributed by atoms with van der Waals surface area (Å²) in [6, 6.07) is 11.5. The molecule has 8 heteroatoms. The number of likely N-dealkylation sites (tertiary alicyclic amines) is 1. The molecule has 2 aromatic carbocycles. The van der Waals surface area contributed by atoms with Gasteiger partial charge in [-0.3, -0.25) is 14.2 Å². The third-order valence-corrected chi connectivity index (χ3v) is 5.33. The number of aromatic nitrogens is 1. The number of carbonyl (C=O) groups is 2. The number of aliphatic hydroxyl groups is 1. The van der Waals surface area contributed by atoms with Gasteiger partial charge in [-0.15, -0.1) is 0 Å². The molecule has 2 amide bonds. The molecule has 0 saturated carbocycles. The molecule has 2 N–H and O–H groups in total. The predicted octanol–water partition coefficient (Wildman–Crippen LogP) is 2.35. The molecule has 0 atom stereocenters. The molecule has 2 heterocycles. The first-order chi connectivity index (χ1) is 14.5. The lowest BCUT2D eigenvalue weighted by Crippen LogP contribution is -2.39. The Morgan fingerprint density at radius 2 is 1.77 bits per heavy atom. The van der Waals surface area contributed by atoms with Crippen molar-refractivity contribution >= 4 is 28.6 Å². The molecule has 0 spiro atoms. The third-order valence-electron chi connectivity index (χ3n) is 5.33. The number of carbonyl (C=O) groups excluding carboxylic acids is 2. The van der Waals surface area contributed by atoms with Crippen molar-refractivity contribution in [1.29, 1.82) is 0 Å². The first-order valence-electron chi connectivity index (χ1n) is 9.97. The Labute approximate surface area is 172 Å². The standard InChI is InChI=1S/C22H23N3O5/c26-14-15-4-6-16(7-5-15)21(28)23-17-8-9-19-18(12-17)25(22(29)30-19)13-20(27)24-10-2-1-3-11-24/h4-9,12,26H,1-3,10-11,13-14H2,(H,23,28). The maximum absolute atomic E-state index is 12.6. The minimum Gasteiger partial charge on any atom is -0.408 e. The van der Waals surface area contributed by atoms with Gasteiger partial charge in [0.2, 0.25) is 5.91 Å². The van der Waals surface area contributed by atoms with Crippen LogP contribution in [0, 0.1) is 0 Å². The lowest BCUT2D eigenvalue weighted by molar-refractivity contribution is -0.132. The van der Waals surface area contributed by atoms with Crippen LogP contribution in [0.25, 0.3) is 11.1 Å². The van der Waals surface area contributed by atoms with Crippen LogP contribution in [0.1, 0.15) is 35.2 Å². The minimum atomic E-state index is -0.599. The number of fused-ring (bicyclic) bond motifs is 1. The molecular formula is C22H23N3O5. The van der Waals surface area contributed by atoms with E-state index in [1.165, 1.54) is 4.57 Å². The molecule has 1 aliphatic heterocycles. The number of rotatable bonds is 5. The highest BCUT2D eigenvalue weighted by Crippen LogP contribution is 2.20. The van der Waals surface area contributed by atoms with Crippen LogP contribution in [0.15, 0.2) is 51.7 Å². The summed E-state index contributed by atoms with van der Waals surface area (Å²) in [5.41, 5.74) is 2.46. The van der Waals surface area contributed by atoms with Gasteiger partial charge in [0.1, 0.15) is 6.54 Å². The van der Waals surface area contributed by atoms with Crippen molar-refractivity contribution in [3.05, 3.63) is 64.1 Å². The van der Waals surface area contributed by atoms with E-state index in [1.54, 1.807) is 47.4 Å². The highest BCUT2D eigenvalue weighted by Gasteiger charge is 2.20. The molecule has 3 aromatic rings. The summed E-state index contributed by atoms with van der Waals surface area (Å²) < 4.78 is 6.56. The Balaban J connectivity index is 1.55. The highest BCUT2D eigenvalue weighted by molar-refractivity contribution is 6.05. The van der Waals surface area contributed by atoms with Gasteiger partial charge >= 0.3 is 5.76 Å². The first-order valence-corrected chi connectivity index (χ1v) is 9.97. The van der Waals surface area contributed by atoms with E-state index in [-0.39, 0.29) is 25.0 Å². The smallest absolute Gasteiger partial charge is 0.408 e. The van der Waals surface area contributed by atoms with Crippen molar-refractivity contribution in [2.75, 3.05) is 18.4 Å². The van der Waals surface area contributed by atoms with Crippen molar-refractivity contribution in [3.8, 4) is 0 Å². The van der Waals surface area contributed by atoms with E-state index in [0.717, 1.165) is 19.3 Å². The Morgan fingerprint density at radius 3 is 2.47 bits per heavy atom. The van der Waals surface area contributed by atoms with E-state index in [1.807, 2.05) is 0 Å².